The maximum Gasteiger partial charge on any atom is 0.326 e. The van der Waals surface area contributed by atoms with E-state index in [0.717, 1.165) is 5.56 Å². The van der Waals surface area contributed by atoms with Gasteiger partial charge in [0.1, 0.15) is 18.1 Å². The van der Waals surface area contributed by atoms with Gasteiger partial charge in [0.15, 0.2) is 0 Å². The van der Waals surface area contributed by atoms with Crippen LogP contribution in [-0.2, 0) is 36.8 Å². The van der Waals surface area contributed by atoms with Crippen LogP contribution in [0, 0.1) is 0 Å². The number of aromatic amines is 1. The first kappa shape index (κ1) is 27.3. The molecule has 0 saturated carbocycles. The molecule has 0 aliphatic carbocycles. The quantitative estimate of drug-likeness (QED) is 0.195. The molecule has 3 rings (SSSR count). The minimum absolute atomic E-state index is 0.0763. The van der Waals surface area contributed by atoms with Crippen LogP contribution in [-0.4, -0.2) is 80.3 Å². The van der Waals surface area contributed by atoms with Gasteiger partial charge < -0.3 is 37.1 Å². The third-order valence-corrected chi connectivity index (χ3v) is 6.09. The van der Waals surface area contributed by atoms with Crippen LogP contribution in [0.15, 0.2) is 42.9 Å². The summed E-state index contributed by atoms with van der Waals surface area (Å²) in [5.74, 6) is -4.07. The van der Waals surface area contributed by atoms with E-state index in [0.29, 0.717) is 18.5 Å². The highest BCUT2D eigenvalue weighted by Gasteiger charge is 2.39. The van der Waals surface area contributed by atoms with Crippen LogP contribution in [0.4, 0.5) is 0 Å². The highest BCUT2D eigenvalue weighted by molar-refractivity contribution is 5.95. The number of aliphatic carboxylic acids is 1. The fraction of sp³-hybridized carbons (Fsp3) is 0.417. The van der Waals surface area contributed by atoms with Crippen LogP contribution in [0.3, 0.4) is 0 Å². The average Bonchev–Trinajstić information content (AvgIpc) is 3.55. The molecule has 4 amide bonds. The SMILES string of the molecule is NC(=O)CC(NC(=O)C1CCCN1C(=O)C(Cc1cnc[nH]1)NC(=O)C(N)Cc1ccccc1)C(=O)O. The minimum Gasteiger partial charge on any atom is -0.480 e. The molecule has 8 N–H and O–H groups in total. The molecular weight excluding hydrogens is 482 g/mol. The highest BCUT2D eigenvalue weighted by atomic mass is 16.4. The predicted molar refractivity (Wildman–Crippen MR) is 130 cm³/mol. The molecule has 1 aliphatic rings. The first-order chi connectivity index (χ1) is 17.7. The molecule has 0 spiro atoms. The summed E-state index contributed by atoms with van der Waals surface area (Å²) < 4.78 is 0. The number of carboxylic acids is 1. The van der Waals surface area contributed by atoms with Crippen LogP contribution < -0.4 is 22.1 Å². The zero-order valence-corrected chi connectivity index (χ0v) is 20.1. The Bertz CT molecular complexity index is 1110. The Morgan fingerprint density at radius 1 is 1.11 bits per heavy atom. The van der Waals surface area contributed by atoms with Crippen molar-refractivity contribution in [2.24, 2.45) is 11.5 Å². The van der Waals surface area contributed by atoms with E-state index < -0.39 is 60.2 Å². The fourth-order valence-electron chi connectivity index (χ4n) is 4.23. The maximum atomic E-state index is 13.6. The van der Waals surface area contributed by atoms with Gasteiger partial charge in [-0.25, -0.2) is 9.78 Å². The van der Waals surface area contributed by atoms with E-state index in [1.54, 1.807) is 0 Å². The van der Waals surface area contributed by atoms with Gasteiger partial charge in [0.05, 0.1) is 18.8 Å². The van der Waals surface area contributed by atoms with Crippen molar-refractivity contribution in [2.75, 3.05) is 6.54 Å². The van der Waals surface area contributed by atoms with Gasteiger partial charge in [0.25, 0.3) is 0 Å². The molecule has 4 unspecified atom stereocenters. The molecule has 1 aromatic carbocycles. The van der Waals surface area contributed by atoms with Crippen LogP contribution in [0.25, 0.3) is 0 Å². The number of aromatic nitrogens is 2. The van der Waals surface area contributed by atoms with E-state index in [-0.39, 0.29) is 19.4 Å². The van der Waals surface area contributed by atoms with Crippen molar-refractivity contribution in [3.8, 4) is 0 Å². The predicted octanol–water partition coefficient (Wildman–Crippen LogP) is -1.56. The summed E-state index contributed by atoms with van der Waals surface area (Å²) in [6.07, 6.45) is 3.51. The van der Waals surface area contributed by atoms with Gasteiger partial charge in [-0.1, -0.05) is 30.3 Å². The monoisotopic (exact) mass is 513 g/mol. The molecule has 37 heavy (non-hydrogen) atoms. The molecule has 198 valence electrons. The summed E-state index contributed by atoms with van der Waals surface area (Å²) in [6, 6.07) is 4.76. The Morgan fingerprint density at radius 2 is 1.84 bits per heavy atom. The molecule has 1 aliphatic heterocycles. The number of nitrogens with zero attached hydrogens (tertiary/aromatic N) is 2. The highest BCUT2D eigenvalue weighted by Crippen LogP contribution is 2.20. The first-order valence-corrected chi connectivity index (χ1v) is 11.8. The van der Waals surface area contributed by atoms with Gasteiger partial charge in [0.2, 0.25) is 23.6 Å². The molecule has 2 heterocycles. The van der Waals surface area contributed by atoms with Crippen molar-refractivity contribution in [3.05, 3.63) is 54.1 Å². The standard InChI is InChI=1S/C24H31N7O6/c25-16(9-14-5-2-1-3-6-14)21(33)29-17(10-15-12-27-13-28-15)23(35)31-8-4-7-19(31)22(34)30-18(24(36)37)11-20(26)32/h1-3,5-6,12-13,16-19H,4,7-11,25H2,(H2,26,32)(H,27,28)(H,29,33)(H,30,34)(H,36,37). The molecule has 2 aromatic rings. The van der Waals surface area contributed by atoms with Crippen molar-refractivity contribution >= 4 is 29.6 Å². The summed E-state index contributed by atoms with van der Waals surface area (Å²) in [4.78, 5) is 70.1. The van der Waals surface area contributed by atoms with Crippen LogP contribution in [0.5, 0.6) is 0 Å². The number of imidazole rings is 1. The number of likely N-dealkylation sites (tertiary alicyclic amines) is 1. The number of benzene rings is 1. The molecular formula is C24H31N7O6. The van der Waals surface area contributed by atoms with Gasteiger partial charge in [-0.15, -0.1) is 0 Å². The number of nitrogens with one attached hydrogen (secondary N) is 3. The lowest BCUT2D eigenvalue weighted by Crippen LogP contribution is -2.57. The molecule has 0 bridgehead atoms. The van der Waals surface area contributed by atoms with E-state index in [4.69, 9.17) is 11.5 Å². The summed E-state index contributed by atoms with van der Waals surface area (Å²) in [5.41, 5.74) is 12.6. The number of carbonyl (C=O) groups is 5. The van der Waals surface area contributed by atoms with Gasteiger partial charge in [0, 0.05) is 24.9 Å². The maximum absolute atomic E-state index is 13.6. The number of nitrogens with two attached hydrogens (primary N) is 2. The zero-order chi connectivity index (χ0) is 26.9. The molecule has 1 aromatic heterocycles. The summed E-state index contributed by atoms with van der Waals surface area (Å²) in [7, 11) is 0. The number of primary amides is 1. The average molecular weight is 514 g/mol. The second kappa shape index (κ2) is 12.6. The van der Waals surface area contributed by atoms with E-state index in [2.05, 4.69) is 20.6 Å². The molecule has 4 atom stereocenters. The molecule has 1 fully saturated rings. The zero-order valence-electron chi connectivity index (χ0n) is 20.1. The van der Waals surface area contributed by atoms with Crippen molar-refractivity contribution < 1.29 is 29.1 Å². The van der Waals surface area contributed by atoms with Crippen molar-refractivity contribution in [1.29, 1.82) is 0 Å². The van der Waals surface area contributed by atoms with Gasteiger partial charge >= 0.3 is 5.97 Å². The Labute approximate surface area is 213 Å². The molecule has 1 saturated heterocycles. The van der Waals surface area contributed by atoms with Crippen molar-refractivity contribution in [1.82, 2.24) is 25.5 Å². The largest absolute Gasteiger partial charge is 0.480 e. The van der Waals surface area contributed by atoms with E-state index in [1.165, 1.54) is 17.4 Å². The fourth-order valence-corrected chi connectivity index (χ4v) is 4.23. The number of carbonyl (C=O) groups excluding carboxylic acids is 4. The van der Waals surface area contributed by atoms with Gasteiger partial charge in [-0.05, 0) is 24.8 Å². The van der Waals surface area contributed by atoms with E-state index in [1.807, 2.05) is 30.3 Å². The topological polar surface area (TPSA) is 214 Å². The Morgan fingerprint density at radius 3 is 2.46 bits per heavy atom. The lowest BCUT2D eigenvalue weighted by Gasteiger charge is -2.29. The Hall–Kier alpha value is -4.26. The number of carboxylic acid groups (broad SMARTS) is 1. The summed E-state index contributed by atoms with van der Waals surface area (Å²) >= 11 is 0. The van der Waals surface area contributed by atoms with E-state index >= 15 is 0 Å². The Kier molecular flexibility index (Phi) is 9.33. The number of hydrogen-bond acceptors (Lipinski definition) is 7. The third-order valence-electron chi connectivity index (χ3n) is 6.09. The lowest BCUT2D eigenvalue weighted by atomic mass is 10.0. The summed E-state index contributed by atoms with van der Waals surface area (Å²) in [6.45, 7) is 0.232. The first-order valence-electron chi connectivity index (χ1n) is 11.8. The molecule has 0 radical (unpaired) electrons. The van der Waals surface area contributed by atoms with Crippen LogP contribution >= 0.6 is 0 Å². The third kappa shape index (κ3) is 7.61. The smallest absolute Gasteiger partial charge is 0.326 e. The number of hydrogen-bond donors (Lipinski definition) is 6. The number of amides is 4. The summed E-state index contributed by atoms with van der Waals surface area (Å²) in [5, 5.41) is 14.3. The van der Waals surface area contributed by atoms with Crippen molar-refractivity contribution in [3.63, 3.8) is 0 Å². The number of H-pyrrole nitrogens is 1. The minimum atomic E-state index is -1.51. The van der Waals surface area contributed by atoms with Gasteiger partial charge in [-0.3, -0.25) is 19.2 Å². The van der Waals surface area contributed by atoms with Crippen LogP contribution in [0.1, 0.15) is 30.5 Å². The van der Waals surface area contributed by atoms with Gasteiger partial charge in [-0.2, -0.15) is 0 Å². The molecule has 13 heteroatoms. The van der Waals surface area contributed by atoms with Crippen molar-refractivity contribution in [2.45, 2.75) is 56.3 Å². The second-order valence-corrected chi connectivity index (χ2v) is 8.90. The molecule has 13 nitrogen and oxygen atoms in total. The normalized spacial score (nSPS) is 17.4. The van der Waals surface area contributed by atoms with E-state index in [9.17, 15) is 29.1 Å². The van der Waals surface area contributed by atoms with Crippen LogP contribution in [0.2, 0.25) is 0 Å². The second-order valence-electron chi connectivity index (χ2n) is 8.90. The Balaban J connectivity index is 1.73. The lowest BCUT2D eigenvalue weighted by molar-refractivity contribution is -0.145. The number of rotatable bonds is 12.